The number of amides is 2. The highest BCUT2D eigenvalue weighted by atomic mass is 127. The second kappa shape index (κ2) is 8.10. The highest BCUT2D eigenvalue weighted by Gasteiger charge is 2.38. The molecule has 0 spiro atoms. The average molecular weight is 497 g/mol. The molecule has 27 heavy (non-hydrogen) atoms. The molecule has 1 heterocycles. The van der Waals surface area contributed by atoms with Gasteiger partial charge in [0.25, 0.3) is 11.8 Å². The number of carbonyl (C=O) groups is 3. The van der Waals surface area contributed by atoms with Crippen LogP contribution in [0, 0.1) is 3.57 Å². The van der Waals surface area contributed by atoms with Crippen LogP contribution in [0.15, 0.2) is 59.3 Å². The van der Waals surface area contributed by atoms with E-state index >= 15 is 0 Å². The quantitative estimate of drug-likeness (QED) is 0.386. The Morgan fingerprint density at radius 3 is 2.52 bits per heavy atom. The number of hydrogen-bond donors (Lipinski definition) is 1. The monoisotopic (exact) mass is 496 g/mol. The van der Waals surface area contributed by atoms with E-state index in [0.717, 1.165) is 8.47 Å². The smallest absolute Gasteiger partial charge is 0.338 e. The first-order chi connectivity index (χ1) is 12.9. The maximum Gasteiger partial charge on any atom is 0.338 e. The molecular weight excluding hydrogens is 483 g/mol. The molecule has 1 aliphatic heterocycles. The number of ether oxygens (including phenoxy) is 1. The van der Waals surface area contributed by atoms with Gasteiger partial charge in [0.2, 0.25) is 0 Å². The fraction of sp³-hybridized carbons (Fsp3) is 0.105. The fourth-order valence-electron chi connectivity index (χ4n) is 2.52. The van der Waals surface area contributed by atoms with Gasteiger partial charge in [-0.1, -0.05) is 17.7 Å². The van der Waals surface area contributed by atoms with E-state index in [1.807, 2.05) is 0 Å². The molecule has 0 unspecified atom stereocenters. The van der Waals surface area contributed by atoms with Crippen molar-refractivity contribution in [3.05, 3.63) is 68.4 Å². The molecule has 6 nitrogen and oxygen atoms in total. The zero-order chi connectivity index (χ0) is 19.6. The summed E-state index contributed by atoms with van der Waals surface area (Å²) in [7, 11) is 0. The van der Waals surface area contributed by atoms with Crippen molar-refractivity contribution in [3.8, 4) is 0 Å². The highest BCUT2D eigenvalue weighted by molar-refractivity contribution is 14.1. The van der Waals surface area contributed by atoms with E-state index in [1.165, 1.54) is 6.07 Å². The lowest BCUT2D eigenvalue weighted by molar-refractivity contribution is -0.120. The van der Waals surface area contributed by atoms with Crippen molar-refractivity contribution in [2.24, 2.45) is 0 Å². The van der Waals surface area contributed by atoms with Crippen LogP contribution in [0.2, 0.25) is 0 Å². The molecule has 0 radical (unpaired) electrons. The molecule has 138 valence electrons. The minimum Gasteiger partial charge on any atom is -0.462 e. The third-order valence-electron chi connectivity index (χ3n) is 3.76. The molecule has 0 saturated carbocycles. The summed E-state index contributed by atoms with van der Waals surface area (Å²) < 4.78 is 5.94. The van der Waals surface area contributed by atoms with Crippen LogP contribution in [0.3, 0.4) is 0 Å². The Hall–Kier alpha value is -2.39. The van der Waals surface area contributed by atoms with Crippen LogP contribution in [-0.2, 0) is 14.3 Å². The summed E-state index contributed by atoms with van der Waals surface area (Å²) in [6, 6.07) is 13.3. The minimum absolute atomic E-state index is 0.0405. The first kappa shape index (κ1) is 19.4. The highest BCUT2D eigenvalue weighted by Crippen LogP contribution is 2.30. The second-order valence-electron chi connectivity index (χ2n) is 5.54. The molecule has 1 N–H and O–H groups in total. The van der Waals surface area contributed by atoms with Crippen molar-refractivity contribution >= 4 is 63.4 Å². The standard InChI is InChI=1S/C19H14ClIN2O4/c1-2-27-19(26)11-4-3-5-13(10-11)22-16-15(20)17(24)23(18(16)25)14-8-6-12(21)7-9-14/h3-10,22H,2H2,1H3. The molecule has 3 rings (SSSR count). The Labute approximate surface area is 174 Å². The molecule has 0 fully saturated rings. The summed E-state index contributed by atoms with van der Waals surface area (Å²) in [5.41, 5.74) is 1.16. The lowest BCUT2D eigenvalue weighted by Crippen LogP contribution is -2.32. The van der Waals surface area contributed by atoms with Gasteiger partial charge in [0, 0.05) is 9.26 Å². The number of halogens is 2. The number of esters is 1. The van der Waals surface area contributed by atoms with E-state index in [0.29, 0.717) is 16.9 Å². The second-order valence-corrected chi connectivity index (χ2v) is 7.16. The molecular formula is C19H14ClIN2O4. The van der Waals surface area contributed by atoms with Gasteiger partial charge in [-0.15, -0.1) is 0 Å². The number of nitrogens with zero attached hydrogens (tertiary/aromatic N) is 1. The largest absolute Gasteiger partial charge is 0.462 e. The van der Waals surface area contributed by atoms with Crippen LogP contribution >= 0.6 is 34.2 Å². The summed E-state index contributed by atoms with van der Waals surface area (Å²) in [5.74, 6) is -1.64. The first-order valence-corrected chi connectivity index (χ1v) is 9.46. The predicted molar refractivity (Wildman–Crippen MR) is 111 cm³/mol. The Morgan fingerprint density at radius 2 is 1.85 bits per heavy atom. The molecule has 8 heteroatoms. The SMILES string of the molecule is CCOC(=O)c1cccc(NC2=C(Cl)C(=O)N(c3ccc(I)cc3)C2=O)c1. The zero-order valence-electron chi connectivity index (χ0n) is 14.2. The number of nitrogens with one attached hydrogen (secondary N) is 1. The van der Waals surface area contributed by atoms with Crippen LogP contribution < -0.4 is 10.2 Å². The van der Waals surface area contributed by atoms with Gasteiger partial charge < -0.3 is 10.1 Å². The summed E-state index contributed by atoms with van der Waals surface area (Å²) in [6.45, 7) is 1.97. The van der Waals surface area contributed by atoms with Gasteiger partial charge in [-0.25, -0.2) is 9.69 Å². The summed E-state index contributed by atoms with van der Waals surface area (Å²) >= 11 is 8.25. The maximum atomic E-state index is 12.7. The first-order valence-electron chi connectivity index (χ1n) is 8.00. The summed E-state index contributed by atoms with van der Waals surface area (Å²) in [6.07, 6.45) is 0. The molecule has 2 amide bonds. The average Bonchev–Trinajstić information content (AvgIpc) is 2.87. The van der Waals surface area contributed by atoms with Gasteiger partial charge in [-0.3, -0.25) is 9.59 Å². The maximum absolute atomic E-state index is 12.7. The molecule has 1 aliphatic rings. The number of anilines is 2. The van der Waals surface area contributed by atoms with Crippen LogP contribution in [-0.4, -0.2) is 24.4 Å². The minimum atomic E-state index is -0.605. The van der Waals surface area contributed by atoms with E-state index in [2.05, 4.69) is 27.9 Å². The molecule has 0 bridgehead atoms. The van der Waals surface area contributed by atoms with Crippen molar-refractivity contribution in [2.75, 3.05) is 16.8 Å². The van der Waals surface area contributed by atoms with Crippen LogP contribution in [0.4, 0.5) is 11.4 Å². The normalized spacial score (nSPS) is 14.0. The van der Waals surface area contributed by atoms with Crippen LogP contribution in [0.25, 0.3) is 0 Å². The number of hydrogen-bond acceptors (Lipinski definition) is 5. The van der Waals surface area contributed by atoms with E-state index < -0.39 is 17.8 Å². The summed E-state index contributed by atoms with van der Waals surface area (Å²) in [5, 5.41) is 2.64. The van der Waals surface area contributed by atoms with E-state index in [-0.39, 0.29) is 17.3 Å². The van der Waals surface area contributed by atoms with E-state index in [1.54, 1.807) is 49.4 Å². The van der Waals surface area contributed by atoms with Gasteiger partial charge in [0.15, 0.2) is 0 Å². The number of benzene rings is 2. The van der Waals surface area contributed by atoms with Crippen molar-refractivity contribution in [3.63, 3.8) is 0 Å². The number of rotatable bonds is 5. The molecule has 0 saturated heterocycles. The predicted octanol–water partition coefficient (Wildman–Crippen LogP) is 3.90. The van der Waals surface area contributed by atoms with Crippen LogP contribution in [0.1, 0.15) is 17.3 Å². The van der Waals surface area contributed by atoms with E-state index in [4.69, 9.17) is 16.3 Å². The zero-order valence-corrected chi connectivity index (χ0v) is 17.1. The number of imide groups is 1. The van der Waals surface area contributed by atoms with Gasteiger partial charge in [-0.05, 0) is 72.0 Å². The third-order valence-corrected chi connectivity index (χ3v) is 4.82. The Morgan fingerprint density at radius 1 is 1.15 bits per heavy atom. The molecule has 2 aromatic rings. The van der Waals surface area contributed by atoms with Gasteiger partial charge in [-0.2, -0.15) is 0 Å². The van der Waals surface area contributed by atoms with E-state index in [9.17, 15) is 14.4 Å². The van der Waals surface area contributed by atoms with Crippen molar-refractivity contribution in [1.82, 2.24) is 0 Å². The molecule has 2 aromatic carbocycles. The van der Waals surface area contributed by atoms with Gasteiger partial charge in [0.05, 0.1) is 17.9 Å². The van der Waals surface area contributed by atoms with Gasteiger partial charge in [0.1, 0.15) is 10.7 Å². The molecule has 0 atom stereocenters. The Kier molecular flexibility index (Phi) is 5.81. The van der Waals surface area contributed by atoms with Crippen molar-refractivity contribution in [2.45, 2.75) is 6.92 Å². The van der Waals surface area contributed by atoms with Gasteiger partial charge >= 0.3 is 5.97 Å². The molecule has 0 aromatic heterocycles. The Balaban J connectivity index is 1.86. The fourth-order valence-corrected chi connectivity index (χ4v) is 3.09. The van der Waals surface area contributed by atoms with Crippen LogP contribution in [0.5, 0.6) is 0 Å². The topological polar surface area (TPSA) is 75.7 Å². The molecule has 0 aliphatic carbocycles. The summed E-state index contributed by atoms with van der Waals surface area (Å²) in [4.78, 5) is 38.1. The third kappa shape index (κ3) is 3.98. The van der Waals surface area contributed by atoms with Crippen molar-refractivity contribution in [1.29, 1.82) is 0 Å². The lowest BCUT2D eigenvalue weighted by atomic mass is 10.2. The Bertz CT molecular complexity index is 956. The van der Waals surface area contributed by atoms with Crippen molar-refractivity contribution < 1.29 is 19.1 Å². The number of carbonyl (C=O) groups excluding carboxylic acids is 3. The lowest BCUT2D eigenvalue weighted by Gasteiger charge is -2.15.